The average molecular weight is 302 g/mol. The van der Waals surface area contributed by atoms with Crippen molar-refractivity contribution in [2.24, 2.45) is 5.41 Å². The second-order valence-electron chi connectivity index (χ2n) is 5.37. The molecule has 20 heavy (non-hydrogen) atoms. The zero-order valence-electron chi connectivity index (χ0n) is 11.4. The van der Waals surface area contributed by atoms with Crippen molar-refractivity contribution in [3.05, 3.63) is 17.0 Å². The minimum Gasteiger partial charge on any atom is -0.477 e. The fourth-order valence-electron chi connectivity index (χ4n) is 2.24. The standard InChI is InChI=1S/C12H18N2O5S/c1-7-9(11(16)17)14-8(2)10(7)20(18,19)13-5-12(6-15)3-4-12/h13-15H,3-6H2,1-2H3,(H,16,17). The van der Waals surface area contributed by atoms with Crippen LogP contribution >= 0.6 is 0 Å². The van der Waals surface area contributed by atoms with Gasteiger partial charge in [-0.25, -0.2) is 17.9 Å². The van der Waals surface area contributed by atoms with Crippen LogP contribution in [0.3, 0.4) is 0 Å². The number of carbonyl (C=O) groups is 1. The Kier molecular flexibility index (Phi) is 3.66. The van der Waals surface area contributed by atoms with Crippen LogP contribution in [0.25, 0.3) is 0 Å². The molecule has 1 aliphatic carbocycles. The van der Waals surface area contributed by atoms with Crippen LogP contribution in [0.2, 0.25) is 0 Å². The normalized spacial score (nSPS) is 17.1. The van der Waals surface area contributed by atoms with E-state index in [9.17, 15) is 18.3 Å². The van der Waals surface area contributed by atoms with Crippen molar-refractivity contribution in [1.82, 2.24) is 9.71 Å². The molecule has 1 heterocycles. The van der Waals surface area contributed by atoms with Gasteiger partial charge < -0.3 is 15.2 Å². The van der Waals surface area contributed by atoms with Gasteiger partial charge >= 0.3 is 5.97 Å². The third-order valence-corrected chi connectivity index (χ3v) is 5.46. The Morgan fingerprint density at radius 2 is 2.00 bits per heavy atom. The molecule has 1 fully saturated rings. The summed E-state index contributed by atoms with van der Waals surface area (Å²) in [7, 11) is -3.79. The molecule has 1 saturated carbocycles. The van der Waals surface area contributed by atoms with Gasteiger partial charge in [-0.05, 0) is 26.7 Å². The molecule has 0 aromatic carbocycles. The van der Waals surface area contributed by atoms with E-state index in [0.29, 0.717) is 5.69 Å². The molecule has 0 unspecified atom stereocenters. The lowest BCUT2D eigenvalue weighted by molar-refractivity contribution is 0.0690. The summed E-state index contributed by atoms with van der Waals surface area (Å²) in [6, 6.07) is 0. The van der Waals surface area contributed by atoms with Crippen molar-refractivity contribution in [3.63, 3.8) is 0 Å². The molecule has 2 rings (SSSR count). The highest BCUT2D eigenvalue weighted by Gasteiger charge is 2.43. The van der Waals surface area contributed by atoms with Gasteiger partial charge in [-0.2, -0.15) is 0 Å². The van der Waals surface area contributed by atoms with Gasteiger partial charge in [-0.1, -0.05) is 0 Å². The minimum atomic E-state index is -3.79. The summed E-state index contributed by atoms with van der Waals surface area (Å²) >= 11 is 0. The summed E-state index contributed by atoms with van der Waals surface area (Å²) in [6.45, 7) is 3.09. The molecule has 0 aliphatic heterocycles. The first-order valence-electron chi connectivity index (χ1n) is 6.25. The maximum absolute atomic E-state index is 12.3. The van der Waals surface area contributed by atoms with Crippen molar-refractivity contribution in [2.75, 3.05) is 13.2 Å². The molecule has 112 valence electrons. The van der Waals surface area contributed by atoms with Crippen molar-refractivity contribution < 1.29 is 23.4 Å². The van der Waals surface area contributed by atoms with Crippen LogP contribution in [0.15, 0.2) is 4.90 Å². The lowest BCUT2D eigenvalue weighted by Gasteiger charge is -2.13. The Labute approximate surface area is 117 Å². The molecule has 8 heteroatoms. The van der Waals surface area contributed by atoms with Crippen LogP contribution in [0, 0.1) is 19.3 Å². The number of H-pyrrole nitrogens is 1. The van der Waals surface area contributed by atoms with Gasteiger partial charge in [0.25, 0.3) is 0 Å². The number of aromatic carboxylic acids is 1. The molecule has 7 nitrogen and oxygen atoms in total. The molecule has 0 atom stereocenters. The molecule has 1 aromatic heterocycles. The molecule has 4 N–H and O–H groups in total. The Morgan fingerprint density at radius 1 is 1.40 bits per heavy atom. The smallest absolute Gasteiger partial charge is 0.352 e. The molecule has 0 saturated heterocycles. The number of aromatic amines is 1. The first-order chi connectivity index (χ1) is 9.22. The van der Waals surface area contributed by atoms with E-state index in [2.05, 4.69) is 9.71 Å². The Bertz CT molecular complexity index is 643. The Morgan fingerprint density at radius 3 is 2.40 bits per heavy atom. The Hall–Kier alpha value is -1.38. The van der Waals surface area contributed by atoms with E-state index in [-0.39, 0.29) is 34.7 Å². The molecule has 0 radical (unpaired) electrons. The summed E-state index contributed by atoms with van der Waals surface area (Å²) in [4.78, 5) is 13.6. The summed E-state index contributed by atoms with van der Waals surface area (Å²) in [6.07, 6.45) is 1.58. The van der Waals surface area contributed by atoms with Crippen molar-refractivity contribution in [3.8, 4) is 0 Å². The van der Waals surface area contributed by atoms with Gasteiger partial charge in [0.1, 0.15) is 10.6 Å². The van der Waals surface area contributed by atoms with Crippen LogP contribution in [0.4, 0.5) is 0 Å². The topological polar surface area (TPSA) is 119 Å². The number of nitrogens with one attached hydrogen (secondary N) is 2. The average Bonchev–Trinajstić information content (AvgIpc) is 3.07. The third-order valence-electron chi connectivity index (χ3n) is 3.78. The molecular formula is C12H18N2O5S. The monoisotopic (exact) mass is 302 g/mol. The van der Waals surface area contributed by atoms with Crippen LogP contribution < -0.4 is 4.72 Å². The maximum atomic E-state index is 12.3. The van der Waals surface area contributed by atoms with E-state index in [1.54, 1.807) is 0 Å². The summed E-state index contributed by atoms with van der Waals surface area (Å²) < 4.78 is 27.1. The zero-order valence-corrected chi connectivity index (χ0v) is 12.2. The number of hydrogen-bond donors (Lipinski definition) is 4. The van der Waals surface area contributed by atoms with Gasteiger partial charge in [-0.3, -0.25) is 0 Å². The molecular weight excluding hydrogens is 284 g/mol. The van der Waals surface area contributed by atoms with E-state index >= 15 is 0 Å². The van der Waals surface area contributed by atoms with Gasteiger partial charge in [0.2, 0.25) is 10.0 Å². The first-order valence-corrected chi connectivity index (χ1v) is 7.74. The molecule has 0 bridgehead atoms. The molecule has 1 aliphatic rings. The van der Waals surface area contributed by atoms with E-state index in [1.807, 2.05) is 0 Å². The molecule has 0 spiro atoms. The van der Waals surface area contributed by atoms with Gasteiger partial charge in [0.15, 0.2) is 0 Å². The zero-order chi connectivity index (χ0) is 15.1. The predicted octanol–water partition coefficient (Wildman–Crippen LogP) is 0.381. The fraction of sp³-hybridized carbons (Fsp3) is 0.583. The largest absolute Gasteiger partial charge is 0.477 e. The number of sulfonamides is 1. The van der Waals surface area contributed by atoms with Crippen LogP contribution in [0.1, 0.15) is 34.6 Å². The highest BCUT2D eigenvalue weighted by Crippen LogP contribution is 2.44. The SMILES string of the molecule is Cc1[nH]c(C(=O)O)c(C)c1S(=O)(=O)NCC1(CO)CC1. The highest BCUT2D eigenvalue weighted by molar-refractivity contribution is 7.89. The van der Waals surface area contributed by atoms with Crippen LogP contribution in [-0.4, -0.2) is 42.7 Å². The third kappa shape index (κ3) is 2.58. The number of aliphatic hydroxyl groups excluding tert-OH is 1. The van der Waals surface area contributed by atoms with E-state index in [0.717, 1.165) is 12.8 Å². The van der Waals surface area contributed by atoms with E-state index < -0.39 is 16.0 Å². The lowest BCUT2D eigenvalue weighted by Crippen LogP contribution is -2.32. The van der Waals surface area contributed by atoms with Crippen molar-refractivity contribution >= 4 is 16.0 Å². The summed E-state index contributed by atoms with van der Waals surface area (Å²) in [5, 5.41) is 18.2. The second-order valence-corrected chi connectivity index (χ2v) is 7.07. The summed E-state index contributed by atoms with van der Waals surface area (Å²) in [5.74, 6) is -1.19. The number of rotatable bonds is 6. The number of aromatic nitrogens is 1. The van der Waals surface area contributed by atoms with Gasteiger partial charge in [0, 0.05) is 29.8 Å². The quantitative estimate of drug-likeness (QED) is 0.605. The minimum absolute atomic E-state index is 0.0244. The number of carboxylic acid groups (broad SMARTS) is 1. The van der Waals surface area contributed by atoms with Gasteiger partial charge in [-0.15, -0.1) is 0 Å². The summed E-state index contributed by atoms with van der Waals surface area (Å²) in [5.41, 5.74) is 0.0182. The number of hydrogen-bond acceptors (Lipinski definition) is 4. The van der Waals surface area contributed by atoms with E-state index in [1.165, 1.54) is 13.8 Å². The van der Waals surface area contributed by atoms with Crippen molar-refractivity contribution in [2.45, 2.75) is 31.6 Å². The van der Waals surface area contributed by atoms with E-state index in [4.69, 9.17) is 5.11 Å². The molecule has 0 amide bonds. The maximum Gasteiger partial charge on any atom is 0.352 e. The number of aryl methyl sites for hydroxylation is 1. The highest BCUT2D eigenvalue weighted by atomic mass is 32.2. The van der Waals surface area contributed by atoms with Crippen LogP contribution in [-0.2, 0) is 10.0 Å². The second kappa shape index (κ2) is 4.87. The number of carboxylic acids is 1. The predicted molar refractivity (Wildman–Crippen MR) is 71.2 cm³/mol. The molecule has 1 aromatic rings. The first kappa shape index (κ1) is 15.0. The Balaban J connectivity index is 2.28. The number of aliphatic hydroxyl groups is 1. The van der Waals surface area contributed by atoms with Crippen LogP contribution in [0.5, 0.6) is 0 Å². The van der Waals surface area contributed by atoms with Gasteiger partial charge in [0.05, 0.1) is 0 Å². The fourth-order valence-corrected chi connectivity index (χ4v) is 3.84. The van der Waals surface area contributed by atoms with Crippen molar-refractivity contribution in [1.29, 1.82) is 0 Å². The lowest BCUT2D eigenvalue weighted by atomic mass is 10.1.